The van der Waals surface area contributed by atoms with Crippen molar-refractivity contribution >= 4 is 29.9 Å². The second kappa shape index (κ2) is 17.0. The zero-order valence-corrected chi connectivity index (χ0v) is 14.2. The minimum absolute atomic E-state index is 0. The Labute approximate surface area is 129 Å². The van der Waals surface area contributed by atoms with Crippen molar-refractivity contribution in [3.05, 3.63) is 0 Å². The van der Waals surface area contributed by atoms with Crippen molar-refractivity contribution in [3.8, 4) is 0 Å². The predicted molar refractivity (Wildman–Crippen MR) is 89.8 cm³/mol. The molecular formula is C13H30IN3O. The molecule has 0 bridgehead atoms. The van der Waals surface area contributed by atoms with Crippen LogP contribution in [0.15, 0.2) is 4.99 Å². The number of aliphatic imine (C=N–C) groups is 1. The van der Waals surface area contributed by atoms with Gasteiger partial charge in [-0.25, -0.2) is 0 Å². The maximum absolute atomic E-state index is 5.74. The molecule has 0 rings (SSSR count). The number of nitrogens with one attached hydrogen (secondary N) is 1. The van der Waals surface area contributed by atoms with Gasteiger partial charge >= 0.3 is 0 Å². The number of unbranched alkanes of at least 4 members (excludes halogenated alkanes) is 5. The van der Waals surface area contributed by atoms with E-state index in [9.17, 15) is 0 Å². The van der Waals surface area contributed by atoms with Gasteiger partial charge in [0.1, 0.15) is 0 Å². The highest BCUT2D eigenvalue weighted by Crippen LogP contribution is 1.97. The average molecular weight is 371 g/mol. The summed E-state index contributed by atoms with van der Waals surface area (Å²) in [5, 5.41) is 3.15. The molecule has 4 nitrogen and oxygen atoms in total. The summed E-state index contributed by atoms with van der Waals surface area (Å²) in [4.78, 5) is 4.28. The lowest BCUT2D eigenvalue weighted by Gasteiger charge is -2.05. The zero-order chi connectivity index (χ0) is 12.8. The fourth-order valence-corrected chi connectivity index (χ4v) is 1.56. The second-order valence-electron chi connectivity index (χ2n) is 4.31. The van der Waals surface area contributed by atoms with Gasteiger partial charge in [0.2, 0.25) is 0 Å². The molecule has 0 amide bonds. The summed E-state index contributed by atoms with van der Waals surface area (Å²) in [7, 11) is 1.73. The molecule has 0 radical (unpaired) electrons. The van der Waals surface area contributed by atoms with Gasteiger partial charge in [0.15, 0.2) is 5.96 Å². The number of nitrogens with zero attached hydrogens (tertiary/aromatic N) is 1. The maximum atomic E-state index is 5.74. The number of hydrogen-bond acceptors (Lipinski definition) is 2. The first-order valence-electron chi connectivity index (χ1n) is 6.84. The lowest BCUT2D eigenvalue weighted by Crippen LogP contribution is -2.32. The normalized spacial score (nSPS) is 11.1. The van der Waals surface area contributed by atoms with E-state index in [-0.39, 0.29) is 24.0 Å². The smallest absolute Gasteiger partial charge is 0.188 e. The summed E-state index contributed by atoms with van der Waals surface area (Å²) in [5.74, 6) is 0.591. The molecule has 0 aromatic heterocycles. The van der Waals surface area contributed by atoms with Crippen LogP contribution in [0.4, 0.5) is 0 Å². The fraction of sp³-hybridized carbons (Fsp3) is 0.923. The molecule has 0 aliphatic carbocycles. The van der Waals surface area contributed by atoms with Crippen LogP contribution in [-0.4, -0.2) is 32.8 Å². The molecular weight excluding hydrogens is 341 g/mol. The highest BCUT2D eigenvalue weighted by molar-refractivity contribution is 14.0. The van der Waals surface area contributed by atoms with Crippen LogP contribution in [-0.2, 0) is 4.74 Å². The van der Waals surface area contributed by atoms with Crippen LogP contribution >= 0.6 is 24.0 Å². The van der Waals surface area contributed by atoms with E-state index in [1.807, 2.05) is 0 Å². The molecule has 0 aliphatic heterocycles. The Hall–Kier alpha value is -0.0400. The van der Waals surface area contributed by atoms with Crippen LogP contribution in [0, 0.1) is 0 Å². The topological polar surface area (TPSA) is 59.6 Å². The molecule has 0 aliphatic rings. The SMILES string of the molecule is CCCCCCNC(N)=NCCCCCOC.I. The number of guanidine groups is 1. The molecule has 0 unspecified atom stereocenters. The van der Waals surface area contributed by atoms with E-state index in [4.69, 9.17) is 10.5 Å². The second-order valence-corrected chi connectivity index (χ2v) is 4.31. The highest BCUT2D eigenvalue weighted by Gasteiger charge is 1.92. The quantitative estimate of drug-likeness (QED) is 0.254. The molecule has 0 spiro atoms. The number of rotatable bonds is 11. The Morgan fingerprint density at radius 1 is 1.11 bits per heavy atom. The summed E-state index contributed by atoms with van der Waals surface area (Å²) in [6.45, 7) is 4.82. The number of hydrogen-bond donors (Lipinski definition) is 2. The van der Waals surface area contributed by atoms with Gasteiger partial charge in [-0.05, 0) is 25.7 Å². The molecule has 5 heteroatoms. The van der Waals surface area contributed by atoms with E-state index in [1.54, 1.807) is 7.11 Å². The lowest BCUT2D eigenvalue weighted by atomic mass is 10.2. The van der Waals surface area contributed by atoms with E-state index in [1.165, 1.54) is 25.7 Å². The maximum Gasteiger partial charge on any atom is 0.188 e. The van der Waals surface area contributed by atoms with Crippen molar-refractivity contribution < 1.29 is 4.74 Å². The van der Waals surface area contributed by atoms with Gasteiger partial charge in [-0.15, -0.1) is 24.0 Å². The van der Waals surface area contributed by atoms with Gasteiger partial charge in [0.05, 0.1) is 0 Å². The third-order valence-electron chi connectivity index (χ3n) is 2.63. The largest absolute Gasteiger partial charge is 0.385 e. The van der Waals surface area contributed by atoms with Crippen LogP contribution in [0.3, 0.4) is 0 Å². The van der Waals surface area contributed by atoms with Crippen molar-refractivity contribution in [3.63, 3.8) is 0 Å². The monoisotopic (exact) mass is 371 g/mol. The Morgan fingerprint density at radius 2 is 1.83 bits per heavy atom. The van der Waals surface area contributed by atoms with Crippen molar-refractivity contribution in [1.82, 2.24) is 5.32 Å². The van der Waals surface area contributed by atoms with Gasteiger partial charge < -0.3 is 15.8 Å². The molecule has 110 valence electrons. The van der Waals surface area contributed by atoms with E-state index >= 15 is 0 Å². The number of halogens is 1. The highest BCUT2D eigenvalue weighted by atomic mass is 127. The third kappa shape index (κ3) is 16.0. The van der Waals surface area contributed by atoms with E-state index in [0.717, 1.165) is 39.0 Å². The van der Waals surface area contributed by atoms with Crippen molar-refractivity contribution in [2.45, 2.75) is 51.9 Å². The number of methoxy groups -OCH3 is 1. The summed E-state index contributed by atoms with van der Waals surface area (Å²) >= 11 is 0. The zero-order valence-electron chi connectivity index (χ0n) is 11.9. The molecule has 0 aromatic carbocycles. The average Bonchev–Trinajstić information content (AvgIpc) is 2.33. The van der Waals surface area contributed by atoms with Gasteiger partial charge in [0, 0.05) is 26.8 Å². The molecule has 0 atom stereocenters. The van der Waals surface area contributed by atoms with Crippen LogP contribution in [0.25, 0.3) is 0 Å². The van der Waals surface area contributed by atoms with Gasteiger partial charge in [0.25, 0.3) is 0 Å². The van der Waals surface area contributed by atoms with Crippen LogP contribution in [0.1, 0.15) is 51.9 Å². The van der Waals surface area contributed by atoms with E-state index in [2.05, 4.69) is 17.2 Å². The summed E-state index contributed by atoms with van der Waals surface area (Å²) in [6, 6.07) is 0. The summed E-state index contributed by atoms with van der Waals surface area (Å²) in [6.07, 6.45) is 8.37. The molecule has 3 N–H and O–H groups in total. The summed E-state index contributed by atoms with van der Waals surface area (Å²) in [5.41, 5.74) is 5.74. The lowest BCUT2D eigenvalue weighted by molar-refractivity contribution is 0.192. The fourth-order valence-electron chi connectivity index (χ4n) is 1.56. The summed E-state index contributed by atoms with van der Waals surface area (Å²) < 4.78 is 4.98. The van der Waals surface area contributed by atoms with Crippen LogP contribution < -0.4 is 11.1 Å². The van der Waals surface area contributed by atoms with Crippen molar-refractivity contribution in [1.29, 1.82) is 0 Å². The Bertz CT molecular complexity index is 189. The van der Waals surface area contributed by atoms with Gasteiger partial charge in [-0.1, -0.05) is 26.2 Å². The first kappa shape index (κ1) is 20.3. The minimum atomic E-state index is 0. The Balaban J connectivity index is 0. The molecule has 0 fully saturated rings. The predicted octanol–water partition coefficient (Wildman–Crippen LogP) is 2.91. The van der Waals surface area contributed by atoms with Gasteiger partial charge in [-0.2, -0.15) is 0 Å². The van der Waals surface area contributed by atoms with Crippen molar-refractivity contribution in [2.75, 3.05) is 26.8 Å². The first-order chi connectivity index (χ1) is 8.31. The number of nitrogens with two attached hydrogens (primary N) is 1. The standard InChI is InChI=1S/C13H29N3O.HI/c1-3-4-5-7-10-15-13(14)16-11-8-6-9-12-17-2;/h3-12H2,1-2H3,(H3,14,15,16);1H. The molecule has 18 heavy (non-hydrogen) atoms. The van der Waals surface area contributed by atoms with E-state index < -0.39 is 0 Å². The van der Waals surface area contributed by atoms with Crippen molar-refractivity contribution in [2.24, 2.45) is 10.7 Å². The minimum Gasteiger partial charge on any atom is -0.385 e. The third-order valence-corrected chi connectivity index (χ3v) is 2.63. The first-order valence-corrected chi connectivity index (χ1v) is 6.84. The Kier molecular flexibility index (Phi) is 19.1. The molecule has 0 aromatic rings. The van der Waals surface area contributed by atoms with Gasteiger partial charge in [-0.3, -0.25) is 4.99 Å². The van der Waals surface area contributed by atoms with E-state index in [0.29, 0.717) is 5.96 Å². The number of ether oxygens (including phenoxy) is 1. The molecule has 0 heterocycles. The van der Waals surface area contributed by atoms with Crippen LogP contribution in [0.5, 0.6) is 0 Å². The molecule has 0 saturated carbocycles. The Morgan fingerprint density at radius 3 is 2.50 bits per heavy atom. The van der Waals surface area contributed by atoms with Crippen LogP contribution in [0.2, 0.25) is 0 Å². The molecule has 0 saturated heterocycles.